The highest BCUT2D eigenvalue weighted by molar-refractivity contribution is 6.13. The highest BCUT2D eigenvalue weighted by atomic mass is 19.1. The first-order valence-corrected chi connectivity index (χ1v) is 6.44. The third kappa shape index (κ3) is 3.13. The molecular formula is C16H14FNO3. The topological polar surface area (TPSA) is 67.3 Å². The summed E-state index contributed by atoms with van der Waals surface area (Å²) in [6.45, 7) is 3.77. The van der Waals surface area contributed by atoms with E-state index in [0.717, 1.165) is 12.1 Å². The Morgan fingerprint density at radius 2 is 1.71 bits per heavy atom. The van der Waals surface area contributed by atoms with Crippen molar-refractivity contribution in [1.29, 1.82) is 0 Å². The number of aromatic carboxylic acids is 1. The van der Waals surface area contributed by atoms with Crippen molar-refractivity contribution in [3.63, 3.8) is 0 Å². The summed E-state index contributed by atoms with van der Waals surface area (Å²) >= 11 is 0. The average molecular weight is 287 g/mol. The van der Waals surface area contributed by atoms with Crippen molar-refractivity contribution < 1.29 is 19.1 Å². The van der Waals surface area contributed by atoms with Crippen LogP contribution >= 0.6 is 0 Å². The van der Waals surface area contributed by atoms with Gasteiger partial charge in [-0.2, -0.15) is 0 Å². The summed E-state index contributed by atoms with van der Waals surface area (Å²) in [7, 11) is 0. The lowest BCUT2D eigenvalue weighted by Gasteiger charge is -2.09. The first-order valence-electron chi connectivity index (χ1n) is 6.44. The number of nitrogens with zero attached hydrogens (tertiary/aromatic N) is 1. The van der Waals surface area contributed by atoms with Crippen molar-refractivity contribution in [2.45, 2.75) is 19.8 Å². The maximum Gasteiger partial charge on any atom is 0.355 e. The molecular weight excluding hydrogens is 273 g/mol. The van der Waals surface area contributed by atoms with Gasteiger partial charge in [-0.1, -0.05) is 13.8 Å². The fourth-order valence-corrected chi connectivity index (χ4v) is 1.90. The Hall–Kier alpha value is -2.56. The quantitative estimate of drug-likeness (QED) is 0.876. The van der Waals surface area contributed by atoms with Crippen LogP contribution in [0.15, 0.2) is 36.4 Å². The van der Waals surface area contributed by atoms with Crippen molar-refractivity contribution in [1.82, 2.24) is 4.98 Å². The minimum absolute atomic E-state index is 0.00138. The van der Waals surface area contributed by atoms with E-state index in [1.165, 1.54) is 18.2 Å². The number of carboxylic acid groups (broad SMARTS) is 1. The van der Waals surface area contributed by atoms with Gasteiger partial charge in [0.25, 0.3) is 0 Å². The van der Waals surface area contributed by atoms with Crippen LogP contribution in [0.1, 0.15) is 51.9 Å². The Kier molecular flexibility index (Phi) is 4.12. The lowest BCUT2D eigenvalue weighted by Crippen LogP contribution is -2.13. The number of ketones is 1. The van der Waals surface area contributed by atoms with Crippen molar-refractivity contribution in [3.05, 3.63) is 64.7 Å². The predicted octanol–water partition coefficient (Wildman–Crippen LogP) is 3.27. The minimum Gasteiger partial charge on any atom is -0.476 e. The SMILES string of the molecule is CC(C)c1ccc(C(=O)c2ccc(F)cc2)c(C(=O)O)n1. The molecule has 4 nitrogen and oxygen atoms in total. The van der Waals surface area contributed by atoms with Gasteiger partial charge >= 0.3 is 5.97 Å². The van der Waals surface area contributed by atoms with Gasteiger partial charge in [0.1, 0.15) is 5.82 Å². The van der Waals surface area contributed by atoms with E-state index in [1.54, 1.807) is 6.07 Å². The smallest absolute Gasteiger partial charge is 0.355 e. The molecule has 0 amide bonds. The summed E-state index contributed by atoms with van der Waals surface area (Å²) < 4.78 is 12.9. The Balaban J connectivity index is 2.50. The fraction of sp³-hybridized carbons (Fsp3) is 0.188. The third-order valence-corrected chi connectivity index (χ3v) is 3.06. The van der Waals surface area contributed by atoms with E-state index < -0.39 is 17.6 Å². The van der Waals surface area contributed by atoms with Crippen molar-refractivity contribution in [2.75, 3.05) is 0 Å². The van der Waals surface area contributed by atoms with E-state index in [4.69, 9.17) is 0 Å². The minimum atomic E-state index is -1.26. The number of pyridine rings is 1. The van der Waals surface area contributed by atoms with Gasteiger partial charge < -0.3 is 5.11 Å². The highest BCUT2D eigenvalue weighted by Gasteiger charge is 2.20. The lowest BCUT2D eigenvalue weighted by atomic mass is 10.00. The molecule has 1 aromatic heterocycles. The van der Waals surface area contributed by atoms with E-state index in [0.29, 0.717) is 5.69 Å². The average Bonchev–Trinajstić information content (AvgIpc) is 2.46. The van der Waals surface area contributed by atoms with Crippen LogP contribution in [0.4, 0.5) is 4.39 Å². The van der Waals surface area contributed by atoms with Crippen molar-refractivity contribution in [2.24, 2.45) is 0 Å². The first-order chi connectivity index (χ1) is 9.90. The molecule has 1 N–H and O–H groups in total. The summed E-state index contributed by atoms with van der Waals surface area (Å²) in [4.78, 5) is 27.7. The summed E-state index contributed by atoms with van der Waals surface area (Å²) in [5, 5.41) is 9.24. The van der Waals surface area contributed by atoms with E-state index in [1.807, 2.05) is 13.8 Å². The number of carbonyl (C=O) groups is 2. The summed E-state index contributed by atoms with van der Waals surface area (Å²) in [5.74, 6) is -2.16. The molecule has 0 aliphatic heterocycles. The zero-order valence-corrected chi connectivity index (χ0v) is 11.6. The van der Waals surface area contributed by atoms with Crippen LogP contribution in [0.5, 0.6) is 0 Å². The van der Waals surface area contributed by atoms with Gasteiger partial charge in [0.2, 0.25) is 0 Å². The van der Waals surface area contributed by atoms with Crippen molar-refractivity contribution in [3.8, 4) is 0 Å². The molecule has 0 aliphatic rings. The van der Waals surface area contributed by atoms with Gasteiger partial charge in [-0.15, -0.1) is 0 Å². The zero-order chi connectivity index (χ0) is 15.6. The molecule has 108 valence electrons. The summed E-state index contributed by atoms with van der Waals surface area (Å²) in [6, 6.07) is 8.04. The van der Waals surface area contributed by atoms with Gasteiger partial charge in [-0.25, -0.2) is 14.2 Å². The van der Waals surface area contributed by atoms with Crippen LogP contribution in [0.3, 0.4) is 0 Å². The van der Waals surface area contributed by atoms with Crippen LogP contribution in [0, 0.1) is 5.82 Å². The van der Waals surface area contributed by atoms with Crippen LogP contribution in [0.2, 0.25) is 0 Å². The van der Waals surface area contributed by atoms with E-state index in [9.17, 15) is 19.1 Å². The number of hydrogen-bond donors (Lipinski definition) is 1. The number of carboxylic acids is 1. The second-order valence-corrected chi connectivity index (χ2v) is 4.93. The number of aromatic nitrogens is 1. The molecule has 1 aromatic carbocycles. The molecule has 0 saturated heterocycles. The van der Waals surface area contributed by atoms with Crippen molar-refractivity contribution >= 4 is 11.8 Å². The molecule has 0 unspecified atom stereocenters. The Labute approximate surface area is 121 Å². The molecule has 5 heteroatoms. The number of carbonyl (C=O) groups excluding carboxylic acids is 1. The van der Waals surface area contributed by atoms with E-state index in [2.05, 4.69) is 4.98 Å². The monoisotopic (exact) mass is 287 g/mol. The van der Waals surface area contributed by atoms with Gasteiger partial charge in [0, 0.05) is 11.3 Å². The summed E-state index contributed by atoms with van der Waals surface area (Å²) in [6.07, 6.45) is 0. The number of rotatable bonds is 4. The molecule has 0 radical (unpaired) electrons. The summed E-state index contributed by atoms with van der Waals surface area (Å²) in [5.41, 5.74) is 0.537. The van der Waals surface area contributed by atoms with Gasteiger partial charge in [0.15, 0.2) is 11.5 Å². The molecule has 0 spiro atoms. The Morgan fingerprint density at radius 3 is 2.24 bits per heavy atom. The number of halogens is 1. The number of benzene rings is 1. The van der Waals surface area contributed by atoms with Gasteiger partial charge in [-0.05, 0) is 42.3 Å². The molecule has 0 atom stereocenters. The zero-order valence-electron chi connectivity index (χ0n) is 11.6. The standard InChI is InChI=1S/C16H14FNO3/c1-9(2)13-8-7-12(14(18-13)16(20)21)15(19)10-3-5-11(17)6-4-10/h3-9H,1-2H3,(H,20,21). The van der Waals surface area contributed by atoms with Crippen LogP contribution in [-0.2, 0) is 0 Å². The molecule has 1 heterocycles. The highest BCUT2D eigenvalue weighted by Crippen LogP contribution is 2.18. The predicted molar refractivity (Wildman–Crippen MR) is 75.1 cm³/mol. The molecule has 21 heavy (non-hydrogen) atoms. The molecule has 2 aromatic rings. The molecule has 0 bridgehead atoms. The lowest BCUT2D eigenvalue weighted by molar-refractivity contribution is 0.0685. The largest absolute Gasteiger partial charge is 0.476 e. The second kappa shape index (κ2) is 5.83. The Bertz CT molecular complexity index is 693. The maximum absolute atomic E-state index is 12.9. The third-order valence-electron chi connectivity index (χ3n) is 3.06. The second-order valence-electron chi connectivity index (χ2n) is 4.93. The molecule has 0 aliphatic carbocycles. The normalized spacial score (nSPS) is 10.7. The maximum atomic E-state index is 12.9. The van der Waals surface area contributed by atoms with Gasteiger partial charge in [-0.3, -0.25) is 4.79 Å². The molecule has 0 saturated carbocycles. The van der Waals surface area contributed by atoms with Crippen LogP contribution < -0.4 is 0 Å². The molecule has 2 rings (SSSR count). The van der Waals surface area contributed by atoms with Gasteiger partial charge in [0.05, 0.1) is 5.56 Å². The Morgan fingerprint density at radius 1 is 1.10 bits per heavy atom. The fourth-order valence-electron chi connectivity index (χ4n) is 1.90. The van der Waals surface area contributed by atoms with Crippen LogP contribution in [0.25, 0.3) is 0 Å². The first kappa shape index (κ1) is 14.8. The van der Waals surface area contributed by atoms with Crippen LogP contribution in [-0.4, -0.2) is 21.8 Å². The van der Waals surface area contributed by atoms with E-state index >= 15 is 0 Å². The number of hydrogen-bond acceptors (Lipinski definition) is 3. The van der Waals surface area contributed by atoms with E-state index in [-0.39, 0.29) is 22.7 Å². The molecule has 0 fully saturated rings.